The number of fused-ring (bicyclic) bond motifs is 1. The molecule has 0 aliphatic carbocycles. The molecule has 0 aliphatic heterocycles. The zero-order chi connectivity index (χ0) is 14.4. The topological polar surface area (TPSA) is 129 Å². The van der Waals surface area contributed by atoms with Gasteiger partial charge >= 0.3 is 59.1 Å². The molecule has 0 amide bonds. The van der Waals surface area contributed by atoms with Crippen molar-refractivity contribution in [3.05, 3.63) is 30.3 Å². The van der Waals surface area contributed by atoms with Gasteiger partial charge in [-0.3, -0.25) is 9.11 Å². The summed E-state index contributed by atoms with van der Waals surface area (Å²) in [5.41, 5.74) is 0. The first-order chi connectivity index (χ1) is 8.59. The summed E-state index contributed by atoms with van der Waals surface area (Å²) in [7, 11) is -8.99. The van der Waals surface area contributed by atoms with Crippen molar-refractivity contribution in [2.24, 2.45) is 0 Å². The van der Waals surface area contributed by atoms with E-state index >= 15 is 0 Å². The molecule has 0 atom stereocenters. The Labute approximate surface area is 168 Å². The summed E-state index contributed by atoms with van der Waals surface area (Å²) >= 11 is 0. The molecular weight excluding hydrogens is 342 g/mol. The monoisotopic (exact) mass is 352 g/mol. The van der Waals surface area contributed by atoms with Crippen molar-refractivity contribution in [2.75, 3.05) is 0 Å². The van der Waals surface area contributed by atoms with E-state index in [1.54, 1.807) is 0 Å². The summed E-state index contributed by atoms with van der Waals surface area (Å²) in [6.45, 7) is 0. The summed E-state index contributed by atoms with van der Waals surface area (Å²) in [5, 5.41) is 9.85. The Bertz CT molecular complexity index is 880. The molecule has 11 heteroatoms. The maximum absolute atomic E-state index is 11.0. The predicted octanol–water partition coefficient (Wildman–Crippen LogP) is -4.73. The summed E-state index contributed by atoms with van der Waals surface area (Å²) in [4.78, 5) is -1.03. The van der Waals surface area contributed by atoms with Crippen LogP contribution in [0.5, 0.6) is 5.75 Å². The number of phenolic OH excluding ortho intramolecular Hbond substituents is 1. The fraction of sp³-hybridized carbons (Fsp3) is 0. The average molecular weight is 352 g/mol. The van der Waals surface area contributed by atoms with Crippen LogP contribution in [0.25, 0.3) is 10.8 Å². The number of hydrogen-bond donors (Lipinski definition) is 3. The van der Waals surface area contributed by atoms with Gasteiger partial charge in [0.2, 0.25) is 0 Å². The molecule has 0 fully saturated rings. The van der Waals surface area contributed by atoms with E-state index in [4.69, 9.17) is 9.11 Å². The molecule has 0 aromatic heterocycles. The first-order valence-corrected chi connectivity index (χ1v) is 7.69. The van der Waals surface area contributed by atoms with E-state index in [0.29, 0.717) is 0 Å². The molecule has 0 bridgehead atoms. The third kappa shape index (κ3) is 4.90. The van der Waals surface area contributed by atoms with Crippen LogP contribution in [0, 0.1) is 0 Å². The van der Waals surface area contributed by atoms with Crippen molar-refractivity contribution in [3.8, 4) is 5.75 Å². The van der Waals surface area contributed by atoms with Gasteiger partial charge in [-0.15, -0.1) is 0 Å². The summed E-state index contributed by atoms with van der Waals surface area (Å²) < 4.78 is 61.7. The number of rotatable bonds is 2. The smallest absolute Gasteiger partial charge is 1.00 e. The van der Waals surface area contributed by atoms with Crippen molar-refractivity contribution in [1.82, 2.24) is 0 Å². The Balaban J connectivity index is -0.000001000. The standard InChI is InChI=1S/C10H8O7S2.2Na.2H/c11-10-5-8(19(15,16)17)4-6-3-7(18(12,13)14)1-2-9(6)10;;;;/h1-5,11H,(H,12,13,14)(H,15,16,17);;;;/q;2*+1;2*-1. The summed E-state index contributed by atoms with van der Waals surface area (Å²) in [5.74, 6) is -0.438. The normalized spacial score (nSPS) is 11.5. The second-order valence-electron chi connectivity index (χ2n) is 3.78. The second kappa shape index (κ2) is 7.26. The van der Waals surface area contributed by atoms with Crippen LogP contribution in [0.15, 0.2) is 40.1 Å². The van der Waals surface area contributed by atoms with E-state index in [9.17, 15) is 21.9 Å². The largest absolute Gasteiger partial charge is 1.00 e. The molecule has 0 saturated heterocycles. The van der Waals surface area contributed by atoms with Gasteiger partial charge in [0.15, 0.2) is 0 Å². The maximum atomic E-state index is 11.0. The van der Waals surface area contributed by atoms with Crippen LogP contribution in [0.2, 0.25) is 0 Å². The van der Waals surface area contributed by atoms with Crippen LogP contribution >= 0.6 is 0 Å². The van der Waals surface area contributed by atoms with E-state index in [1.165, 1.54) is 6.07 Å². The first kappa shape index (κ1) is 21.3. The quantitative estimate of drug-likeness (QED) is 0.366. The van der Waals surface area contributed by atoms with Gasteiger partial charge in [0.1, 0.15) is 5.75 Å². The SMILES string of the molecule is O=S(=O)(O)c1ccc2c(O)cc(S(=O)(=O)O)cc2c1.[H-].[H-].[Na+].[Na+]. The van der Waals surface area contributed by atoms with Crippen LogP contribution in [-0.4, -0.2) is 31.0 Å². The number of aromatic hydroxyl groups is 1. The zero-order valence-electron chi connectivity index (χ0n) is 13.2. The molecule has 0 unspecified atom stereocenters. The van der Waals surface area contributed by atoms with Crippen LogP contribution in [0.3, 0.4) is 0 Å². The van der Waals surface area contributed by atoms with Crippen LogP contribution in [-0.2, 0) is 20.2 Å². The first-order valence-electron chi connectivity index (χ1n) is 4.81. The second-order valence-corrected chi connectivity index (χ2v) is 6.62. The van der Waals surface area contributed by atoms with Crippen LogP contribution in [0.4, 0.5) is 0 Å². The van der Waals surface area contributed by atoms with Crippen molar-refractivity contribution in [1.29, 1.82) is 0 Å². The molecule has 0 heterocycles. The van der Waals surface area contributed by atoms with Gasteiger partial charge < -0.3 is 7.96 Å². The minimum absolute atomic E-state index is 0. The minimum Gasteiger partial charge on any atom is -1.00 e. The maximum Gasteiger partial charge on any atom is 1.00 e. The van der Waals surface area contributed by atoms with Gasteiger partial charge in [-0.05, 0) is 29.7 Å². The van der Waals surface area contributed by atoms with Gasteiger partial charge in [-0.25, -0.2) is 0 Å². The van der Waals surface area contributed by atoms with Gasteiger partial charge in [0.25, 0.3) is 20.2 Å². The van der Waals surface area contributed by atoms with Crippen LogP contribution in [0.1, 0.15) is 2.85 Å². The molecular formula is C10H10Na2O7S2. The summed E-state index contributed by atoms with van der Waals surface area (Å²) in [6, 6.07) is 5.08. The van der Waals surface area contributed by atoms with E-state index in [2.05, 4.69) is 0 Å². The molecule has 3 N–H and O–H groups in total. The molecule has 0 saturated carbocycles. The van der Waals surface area contributed by atoms with Crippen molar-refractivity contribution < 1.29 is 93.0 Å². The molecule has 0 radical (unpaired) electrons. The van der Waals surface area contributed by atoms with E-state index < -0.39 is 35.8 Å². The van der Waals surface area contributed by atoms with E-state index in [0.717, 1.165) is 24.3 Å². The fourth-order valence-electron chi connectivity index (χ4n) is 1.61. The van der Waals surface area contributed by atoms with Gasteiger partial charge in [0.05, 0.1) is 9.79 Å². The number of benzene rings is 2. The molecule has 106 valence electrons. The van der Waals surface area contributed by atoms with Crippen molar-refractivity contribution >= 4 is 31.0 Å². The Morgan fingerprint density at radius 1 is 0.810 bits per heavy atom. The Morgan fingerprint density at radius 3 is 1.76 bits per heavy atom. The molecule has 2 aromatic rings. The minimum atomic E-state index is -4.54. The third-order valence-electron chi connectivity index (χ3n) is 2.47. The van der Waals surface area contributed by atoms with Crippen LogP contribution < -0.4 is 59.1 Å². The zero-order valence-corrected chi connectivity index (χ0v) is 16.8. The van der Waals surface area contributed by atoms with Crippen molar-refractivity contribution in [2.45, 2.75) is 9.79 Å². The fourth-order valence-corrected chi connectivity index (χ4v) is 2.66. The summed E-state index contributed by atoms with van der Waals surface area (Å²) in [6.07, 6.45) is 0. The average Bonchev–Trinajstić information content (AvgIpc) is 2.25. The molecule has 0 spiro atoms. The molecule has 2 rings (SSSR count). The molecule has 0 aliphatic rings. The van der Waals surface area contributed by atoms with Gasteiger partial charge in [-0.1, -0.05) is 0 Å². The number of hydrogen-bond acceptors (Lipinski definition) is 5. The Hall–Kier alpha value is 0.320. The van der Waals surface area contributed by atoms with E-state index in [-0.39, 0.29) is 72.7 Å². The van der Waals surface area contributed by atoms with Gasteiger partial charge in [-0.2, -0.15) is 16.8 Å². The van der Waals surface area contributed by atoms with Gasteiger partial charge in [0, 0.05) is 11.5 Å². The third-order valence-corrected chi connectivity index (χ3v) is 4.15. The molecule has 21 heavy (non-hydrogen) atoms. The Kier molecular flexibility index (Phi) is 7.37. The van der Waals surface area contributed by atoms with Crippen molar-refractivity contribution in [3.63, 3.8) is 0 Å². The predicted molar refractivity (Wildman–Crippen MR) is 67.5 cm³/mol. The van der Waals surface area contributed by atoms with E-state index in [1.807, 2.05) is 0 Å². The molecule has 7 nitrogen and oxygen atoms in total. The number of phenols is 1. The molecule has 2 aromatic carbocycles. The Morgan fingerprint density at radius 2 is 1.29 bits per heavy atom.